The average Bonchev–Trinajstić information content (AvgIpc) is 2.86. The summed E-state index contributed by atoms with van der Waals surface area (Å²) < 4.78 is 0. The van der Waals surface area contributed by atoms with Crippen molar-refractivity contribution in [2.24, 2.45) is 0 Å². The zero-order valence-corrected chi connectivity index (χ0v) is 12.2. The Morgan fingerprint density at radius 3 is 2.95 bits per heavy atom. The van der Waals surface area contributed by atoms with Gasteiger partial charge in [0.25, 0.3) is 0 Å². The van der Waals surface area contributed by atoms with Crippen LogP contribution < -0.4 is 5.32 Å². The third-order valence-corrected chi connectivity index (χ3v) is 4.18. The molecule has 0 bridgehead atoms. The third-order valence-electron chi connectivity index (χ3n) is 3.45. The van der Waals surface area contributed by atoms with Crippen LogP contribution in [0.4, 0.5) is 0 Å². The normalized spacial score (nSPS) is 21.4. The van der Waals surface area contributed by atoms with E-state index in [4.69, 9.17) is 0 Å². The minimum Gasteiger partial charge on any atom is -0.343 e. The van der Waals surface area contributed by atoms with E-state index >= 15 is 0 Å². The van der Waals surface area contributed by atoms with Crippen molar-refractivity contribution in [3.8, 4) is 0 Å². The quantitative estimate of drug-likeness (QED) is 0.894. The molecule has 19 heavy (non-hydrogen) atoms. The number of hydrogen-bond acceptors (Lipinski definition) is 3. The van der Waals surface area contributed by atoms with E-state index in [1.54, 1.807) is 16.2 Å². The second-order valence-corrected chi connectivity index (χ2v) is 5.84. The minimum absolute atomic E-state index is 0.0461. The van der Waals surface area contributed by atoms with E-state index in [-0.39, 0.29) is 30.4 Å². The molecule has 2 heterocycles. The molecule has 1 fully saturated rings. The van der Waals surface area contributed by atoms with Crippen LogP contribution in [0.1, 0.15) is 32.3 Å². The second-order valence-electron chi connectivity index (χ2n) is 5.06. The molecule has 1 saturated heterocycles. The first kappa shape index (κ1) is 14.1. The largest absolute Gasteiger partial charge is 0.343 e. The highest BCUT2D eigenvalue weighted by atomic mass is 32.1. The first-order chi connectivity index (χ1) is 9.11. The average molecular weight is 280 g/mol. The predicted octanol–water partition coefficient (Wildman–Crippen LogP) is 1.81. The Morgan fingerprint density at radius 2 is 2.32 bits per heavy atom. The van der Waals surface area contributed by atoms with E-state index in [9.17, 15) is 9.59 Å². The number of carbonyl (C=O) groups excluding carboxylic acids is 2. The van der Waals surface area contributed by atoms with Crippen LogP contribution in [0.5, 0.6) is 0 Å². The molecule has 1 N–H and O–H groups in total. The predicted molar refractivity (Wildman–Crippen MR) is 76.0 cm³/mol. The Kier molecular flexibility index (Phi) is 4.58. The molecule has 2 unspecified atom stereocenters. The molecule has 0 spiro atoms. The molecule has 0 aromatic carbocycles. The summed E-state index contributed by atoms with van der Waals surface area (Å²) in [6, 6.07) is 1.79. The van der Waals surface area contributed by atoms with Crippen LogP contribution in [0.15, 0.2) is 16.8 Å². The van der Waals surface area contributed by atoms with E-state index < -0.39 is 0 Å². The summed E-state index contributed by atoms with van der Waals surface area (Å²) in [6.45, 7) is 4.22. The highest BCUT2D eigenvalue weighted by Gasteiger charge is 2.34. The number of thiophene rings is 1. The number of piperazine rings is 1. The molecule has 2 amide bonds. The van der Waals surface area contributed by atoms with Crippen molar-refractivity contribution in [1.82, 2.24) is 10.2 Å². The number of nitrogens with one attached hydrogen (secondary N) is 1. The Bertz CT molecular complexity index is 444. The van der Waals surface area contributed by atoms with E-state index in [0.717, 1.165) is 12.8 Å². The zero-order chi connectivity index (χ0) is 13.8. The van der Waals surface area contributed by atoms with Crippen LogP contribution >= 0.6 is 11.3 Å². The molecule has 1 aliphatic rings. The molecule has 0 aliphatic carbocycles. The number of carbonyl (C=O) groups is 2. The zero-order valence-electron chi connectivity index (χ0n) is 11.4. The fourth-order valence-electron chi connectivity index (χ4n) is 2.45. The number of amides is 2. The number of nitrogens with zero attached hydrogens (tertiary/aromatic N) is 1. The first-order valence-corrected chi connectivity index (χ1v) is 7.67. The lowest BCUT2D eigenvalue weighted by Gasteiger charge is -2.36. The van der Waals surface area contributed by atoms with Gasteiger partial charge in [-0.1, -0.05) is 13.3 Å². The summed E-state index contributed by atoms with van der Waals surface area (Å²) in [5.74, 6) is 0.0133. The van der Waals surface area contributed by atoms with Gasteiger partial charge in [-0.3, -0.25) is 9.59 Å². The van der Waals surface area contributed by atoms with Gasteiger partial charge in [0, 0.05) is 6.04 Å². The van der Waals surface area contributed by atoms with Crippen LogP contribution in [0.25, 0.3) is 0 Å². The van der Waals surface area contributed by atoms with E-state index in [1.807, 2.05) is 19.2 Å². The van der Waals surface area contributed by atoms with Crippen LogP contribution in [-0.2, 0) is 16.0 Å². The van der Waals surface area contributed by atoms with Gasteiger partial charge in [-0.2, -0.15) is 11.3 Å². The van der Waals surface area contributed by atoms with Crippen molar-refractivity contribution in [1.29, 1.82) is 0 Å². The number of rotatable bonds is 5. The molecular weight excluding hydrogens is 260 g/mol. The van der Waals surface area contributed by atoms with Gasteiger partial charge in [0.05, 0.1) is 6.54 Å². The Morgan fingerprint density at radius 1 is 1.53 bits per heavy atom. The topological polar surface area (TPSA) is 49.4 Å². The van der Waals surface area contributed by atoms with Crippen LogP contribution in [0, 0.1) is 0 Å². The SMILES string of the molecule is CCCC1NC(=O)CN(C(C)Cc2ccsc2)C1=O. The second kappa shape index (κ2) is 6.19. The van der Waals surface area contributed by atoms with Gasteiger partial charge in [0.1, 0.15) is 6.04 Å². The Hall–Kier alpha value is -1.36. The van der Waals surface area contributed by atoms with Gasteiger partial charge in [0.15, 0.2) is 0 Å². The summed E-state index contributed by atoms with van der Waals surface area (Å²) in [5.41, 5.74) is 1.23. The highest BCUT2D eigenvalue weighted by Crippen LogP contribution is 2.16. The molecule has 5 heteroatoms. The summed E-state index contributed by atoms with van der Waals surface area (Å²) >= 11 is 1.66. The highest BCUT2D eigenvalue weighted by molar-refractivity contribution is 7.07. The van der Waals surface area contributed by atoms with Crippen molar-refractivity contribution in [3.63, 3.8) is 0 Å². The molecule has 4 nitrogen and oxygen atoms in total. The van der Waals surface area contributed by atoms with E-state index in [0.29, 0.717) is 6.42 Å². The first-order valence-electron chi connectivity index (χ1n) is 6.72. The molecule has 2 atom stereocenters. The Balaban J connectivity index is 2.04. The molecular formula is C14H20N2O2S. The van der Waals surface area contributed by atoms with Gasteiger partial charge in [-0.25, -0.2) is 0 Å². The monoisotopic (exact) mass is 280 g/mol. The van der Waals surface area contributed by atoms with Crippen LogP contribution in [0.2, 0.25) is 0 Å². The van der Waals surface area contributed by atoms with Crippen molar-refractivity contribution >= 4 is 23.2 Å². The molecule has 1 aliphatic heterocycles. The summed E-state index contributed by atoms with van der Waals surface area (Å²) in [6.07, 6.45) is 2.41. The summed E-state index contributed by atoms with van der Waals surface area (Å²) in [7, 11) is 0. The molecule has 1 aromatic rings. The fourth-order valence-corrected chi connectivity index (χ4v) is 3.13. The van der Waals surface area contributed by atoms with Crippen molar-refractivity contribution < 1.29 is 9.59 Å². The van der Waals surface area contributed by atoms with Gasteiger partial charge in [-0.15, -0.1) is 0 Å². The van der Waals surface area contributed by atoms with E-state index in [1.165, 1.54) is 5.56 Å². The van der Waals surface area contributed by atoms with E-state index in [2.05, 4.69) is 16.8 Å². The lowest BCUT2D eigenvalue weighted by atomic mass is 10.0. The third kappa shape index (κ3) is 3.35. The number of hydrogen-bond donors (Lipinski definition) is 1. The van der Waals surface area contributed by atoms with Crippen molar-refractivity contribution in [2.75, 3.05) is 6.54 Å². The van der Waals surface area contributed by atoms with Crippen molar-refractivity contribution in [3.05, 3.63) is 22.4 Å². The van der Waals surface area contributed by atoms with Gasteiger partial charge >= 0.3 is 0 Å². The van der Waals surface area contributed by atoms with Crippen molar-refractivity contribution in [2.45, 2.75) is 45.2 Å². The van der Waals surface area contributed by atoms with Crippen LogP contribution in [0.3, 0.4) is 0 Å². The maximum atomic E-state index is 12.3. The Labute approximate surface area is 117 Å². The molecule has 0 radical (unpaired) electrons. The molecule has 0 saturated carbocycles. The minimum atomic E-state index is -0.337. The van der Waals surface area contributed by atoms with Gasteiger partial charge in [-0.05, 0) is 42.2 Å². The van der Waals surface area contributed by atoms with Crippen LogP contribution in [-0.4, -0.2) is 35.3 Å². The molecule has 2 rings (SSSR count). The summed E-state index contributed by atoms with van der Waals surface area (Å²) in [5, 5.41) is 6.91. The lowest BCUT2D eigenvalue weighted by Crippen LogP contribution is -2.60. The summed E-state index contributed by atoms with van der Waals surface area (Å²) in [4.78, 5) is 25.8. The molecule has 104 valence electrons. The van der Waals surface area contributed by atoms with Gasteiger partial charge in [0.2, 0.25) is 11.8 Å². The smallest absolute Gasteiger partial charge is 0.245 e. The maximum absolute atomic E-state index is 12.3. The maximum Gasteiger partial charge on any atom is 0.245 e. The van der Waals surface area contributed by atoms with Gasteiger partial charge < -0.3 is 10.2 Å². The fraction of sp³-hybridized carbons (Fsp3) is 0.571. The molecule has 1 aromatic heterocycles. The lowest BCUT2D eigenvalue weighted by molar-refractivity contribution is -0.146. The standard InChI is InChI=1S/C14H20N2O2S/c1-3-4-12-14(18)16(8-13(17)15-12)10(2)7-11-5-6-19-9-11/h5-6,9-10,12H,3-4,7-8H2,1-2H3,(H,15,17).